The molecule has 29 heavy (non-hydrogen) atoms. The zero-order valence-corrected chi connectivity index (χ0v) is 18.2. The van der Waals surface area contributed by atoms with E-state index in [1.165, 1.54) is 0 Å². The number of carbonyl (C=O) groups is 2. The Kier molecular flexibility index (Phi) is 8.52. The van der Waals surface area contributed by atoms with Crippen molar-refractivity contribution in [2.45, 2.75) is 52.2 Å². The first-order chi connectivity index (χ1) is 13.8. The fourth-order valence-electron chi connectivity index (χ4n) is 2.94. The second-order valence-corrected chi connectivity index (χ2v) is 7.61. The Morgan fingerprint density at radius 2 is 1.79 bits per heavy atom. The summed E-state index contributed by atoms with van der Waals surface area (Å²) < 4.78 is 5.28. The molecule has 0 saturated heterocycles. The van der Waals surface area contributed by atoms with Crippen molar-refractivity contribution in [1.82, 2.24) is 10.2 Å². The van der Waals surface area contributed by atoms with Gasteiger partial charge in [-0.15, -0.1) is 0 Å². The van der Waals surface area contributed by atoms with E-state index < -0.39 is 6.04 Å². The average molecular weight is 417 g/mol. The Hall–Kier alpha value is -2.53. The van der Waals surface area contributed by atoms with Crippen LogP contribution in [0.4, 0.5) is 0 Å². The summed E-state index contributed by atoms with van der Waals surface area (Å²) in [7, 11) is 1.60. The van der Waals surface area contributed by atoms with Gasteiger partial charge in [0.05, 0.1) is 13.5 Å². The van der Waals surface area contributed by atoms with E-state index in [4.69, 9.17) is 16.3 Å². The third-order valence-corrected chi connectivity index (χ3v) is 5.13. The number of benzene rings is 2. The lowest BCUT2D eigenvalue weighted by Crippen LogP contribution is -2.49. The molecule has 0 aliphatic carbocycles. The van der Waals surface area contributed by atoms with Crippen LogP contribution in [0.3, 0.4) is 0 Å². The van der Waals surface area contributed by atoms with Gasteiger partial charge in [0, 0.05) is 17.6 Å². The summed E-state index contributed by atoms with van der Waals surface area (Å²) in [6, 6.07) is 14.2. The number of ether oxygens (including phenoxy) is 1. The number of carbonyl (C=O) groups excluding carboxylic acids is 2. The molecule has 5 nitrogen and oxygen atoms in total. The number of halogens is 1. The number of nitrogens with zero attached hydrogens (tertiary/aromatic N) is 1. The maximum Gasteiger partial charge on any atom is 0.242 e. The minimum Gasteiger partial charge on any atom is -0.497 e. The van der Waals surface area contributed by atoms with E-state index in [1.807, 2.05) is 50.2 Å². The van der Waals surface area contributed by atoms with Crippen molar-refractivity contribution in [3.8, 4) is 5.75 Å². The van der Waals surface area contributed by atoms with Gasteiger partial charge in [0.15, 0.2) is 0 Å². The molecule has 0 aromatic heterocycles. The minimum absolute atomic E-state index is 0.0478. The maximum absolute atomic E-state index is 13.2. The fraction of sp³-hybridized carbons (Fsp3) is 0.391. The van der Waals surface area contributed by atoms with E-state index >= 15 is 0 Å². The molecule has 0 heterocycles. The quantitative estimate of drug-likeness (QED) is 0.665. The molecule has 0 fully saturated rings. The molecule has 0 bridgehead atoms. The molecule has 0 unspecified atom stereocenters. The highest BCUT2D eigenvalue weighted by Gasteiger charge is 2.27. The van der Waals surface area contributed by atoms with Gasteiger partial charge in [-0.05, 0) is 55.7 Å². The van der Waals surface area contributed by atoms with Crippen LogP contribution in [0, 0.1) is 0 Å². The molecule has 0 spiro atoms. The van der Waals surface area contributed by atoms with E-state index in [2.05, 4.69) is 5.32 Å². The smallest absolute Gasteiger partial charge is 0.242 e. The summed E-state index contributed by atoms with van der Waals surface area (Å²) in [6.07, 6.45) is 0.996. The molecule has 2 aromatic rings. The Morgan fingerprint density at radius 3 is 2.45 bits per heavy atom. The van der Waals surface area contributed by atoms with E-state index in [1.54, 1.807) is 31.1 Å². The lowest BCUT2D eigenvalue weighted by atomic mass is 10.1. The van der Waals surface area contributed by atoms with Crippen molar-refractivity contribution >= 4 is 23.4 Å². The molecule has 2 rings (SSSR count). The molecule has 0 aliphatic rings. The van der Waals surface area contributed by atoms with Gasteiger partial charge < -0.3 is 15.0 Å². The Morgan fingerprint density at radius 1 is 1.10 bits per heavy atom. The Bertz CT molecular complexity index is 840. The molecule has 0 radical (unpaired) electrons. The van der Waals surface area contributed by atoms with Crippen molar-refractivity contribution in [3.05, 3.63) is 64.7 Å². The van der Waals surface area contributed by atoms with Crippen molar-refractivity contribution < 1.29 is 14.3 Å². The molecular weight excluding hydrogens is 388 g/mol. The topological polar surface area (TPSA) is 58.6 Å². The predicted octanol–water partition coefficient (Wildman–Crippen LogP) is 4.22. The van der Waals surface area contributed by atoms with Gasteiger partial charge in [-0.25, -0.2) is 0 Å². The summed E-state index contributed by atoms with van der Waals surface area (Å²) in [5, 5.41) is 3.55. The third-order valence-electron chi connectivity index (χ3n) is 4.90. The zero-order valence-electron chi connectivity index (χ0n) is 17.4. The van der Waals surface area contributed by atoms with Gasteiger partial charge in [0.1, 0.15) is 11.8 Å². The molecule has 2 amide bonds. The van der Waals surface area contributed by atoms with Gasteiger partial charge in [-0.1, -0.05) is 42.8 Å². The summed E-state index contributed by atoms with van der Waals surface area (Å²) in [6.45, 7) is 6.03. The van der Waals surface area contributed by atoms with Crippen molar-refractivity contribution in [2.24, 2.45) is 0 Å². The number of amides is 2. The van der Waals surface area contributed by atoms with Gasteiger partial charge in [-0.3, -0.25) is 9.59 Å². The summed E-state index contributed by atoms with van der Waals surface area (Å²) in [4.78, 5) is 27.5. The molecule has 1 N–H and O–H groups in total. The molecular formula is C23H29ClN2O3. The van der Waals surface area contributed by atoms with Crippen LogP contribution in [0.15, 0.2) is 48.5 Å². The van der Waals surface area contributed by atoms with Crippen LogP contribution >= 0.6 is 11.6 Å². The van der Waals surface area contributed by atoms with Crippen LogP contribution in [0.5, 0.6) is 5.75 Å². The molecule has 0 saturated carbocycles. The van der Waals surface area contributed by atoms with E-state index in [9.17, 15) is 9.59 Å². The van der Waals surface area contributed by atoms with Gasteiger partial charge >= 0.3 is 0 Å². The highest BCUT2D eigenvalue weighted by Crippen LogP contribution is 2.18. The normalized spacial score (nSPS) is 12.7. The van der Waals surface area contributed by atoms with Crippen LogP contribution in [-0.2, 0) is 22.6 Å². The Labute approximate surface area is 178 Å². The molecule has 6 heteroatoms. The van der Waals surface area contributed by atoms with Crippen LogP contribution < -0.4 is 10.1 Å². The number of methoxy groups -OCH3 is 1. The van der Waals surface area contributed by atoms with Crippen molar-refractivity contribution in [1.29, 1.82) is 0 Å². The van der Waals surface area contributed by atoms with Crippen LogP contribution in [0.1, 0.15) is 38.3 Å². The average Bonchev–Trinajstić information content (AvgIpc) is 2.71. The third kappa shape index (κ3) is 6.79. The fourth-order valence-corrected chi connectivity index (χ4v) is 3.15. The molecule has 156 valence electrons. The highest BCUT2D eigenvalue weighted by molar-refractivity contribution is 6.30. The monoisotopic (exact) mass is 416 g/mol. The standard InChI is InChI=1S/C23H29ClN2O3/c1-5-16(2)25-23(28)17(3)26(15-19-9-7-11-21(13-19)29-4)22(27)14-18-8-6-10-20(24)12-18/h6-13,16-17H,5,14-15H2,1-4H3,(H,25,28)/t16-,17+/m1/s1. The lowest BCUT2D eigenvalue weighted by molar-refractivity contribution is -0.140. The number of nitrogens with one attached hydrogen (secondary N) is 1. The second-order valence-electron chi connectivity index (χ2n) is 7.17. The number of hydrogen-bond acceptors (Lipinski definition) is 3. The Balaban J connectivity index is 2.25. The van der Waals surface area contributed by atoms with E-state index in [0.717, 1.165) is 17.5 Å². The van der Waals surface area contributed by atoms with E-state index in [-0.39, 0.29) is 24.3 Å². The first-order valence-electron chi connectivity index (χ1n) is 9.81. The molecule has 0 aliphatic heterocycles. The SMILES string of the molecule is CC[C@@H](C)NC(=O)[C@H](C)N(Cc1cccc(OC)c1)C(=O)Cc1cccc(Cl)c1. The molecule has 2 atom stereocenters. The lowest BCUT2D eigenvalue weighted by Gasteiger charge is -2.30. The molecule has 2 aromatic carbocycles. The first kappa shape index (κ1) is 22.8. The van der Waals surface area contributed by atoms with Crippen molar-refractivity contribution in [2.75, 3.05) is 7.11 Å². The second kappa shape index (κ2) is 10.9. The summed E-state index contributed by atoms with van der Waals surface area (Å²) >= 11 is 6.05. The van der Waals surface area contributed by atoms with Crippen LogP contribution in [0.2, 0.25) is 5.02 Å². The summed E-state index contributed by atoms with van der Waals surface area (Å²) in [5.41, 5.74) is 1.71. The number of hydrogen-bond donors (Lipinski definition) is 1. The van der Waals surface area contributed by atoms with Crippen LogP contribution in [0.25, 0.3) is 0 Å². The van der Waals surface area contributed by atoms with Gasteiger partial charge in [-0.2, -0.15) is 0 Å². The minimum atomic E-state index is -0.609. The van der Waals surface area contributed by atoms with Crippen LogP contribution in [-0.4, -0.2) is 35.9 Å². The van der Waals surface area contributed by atoms with E-state index in [0.29, 0.717) is 17.3 Å². The van der Waals surface area contributed by atoms with Gasteiger partial charge in [0.2, 0.25) is 11.8 Å². The maximum atomic E-state index is 13.2. The first-order valence-corrected chi connectivity index (χ1v) is 10.2. The summed E-state index contributed by atoms with van der Waals surface area (Å²) in [5.74, 6) is 0.407. The van der Waals surface area contributed by atoms with Crippen molar-refractivity contribution in [3.63, 3.8) is 0 Å². The zero-order chi connectivity index (χ0) is 21.4. The predicted molar refractivity (Wildman–Crippen MR) is 116 cm³/mol. The number of rotatable bonds is 9. The highest BCUT2D eigenvalue weighted by atomic mass is 35.5. The van der Waals surface area contributed by atoms with Gasteiger partial charge in [0.25, 0.3) is 0 Å². The largest absolute Gasteiger partial charge is 0.497 e.